The molecule has 6 nitrogen and oxygen atoms in total. The van der Waals surface area contributed by atoms with Crippen LogP contribution in [0.3, 0.4) is 0 Å². The number of rotatable bonds is 8. The van der Waals surface area contributed by atoms with Crippen LogP contribution in [0, 0.1) is 0 Å². The van der Waals surface area contributed by atoms with E-state index in [-0.39, 0.29) is 12.5 Å². The lowest BCUT2D eigenvalue weighted by molar-refractivity contribution is 0.0528. The molecular formula is C20H20N2O4S2. The van der Waals surface area contributed by atoms with Crippen molar-refractivity contribution in [2.24, 2.45) is 0 Å². The van der Waals surface area contributed by atoms with E-state index < -0.39 is 5.97 Å². The molecule has 8 heteroatoms. The molecule has 1 amide bonds. The molecule has 146 valence electrons. The maximum absolute atomic E-state index is 12.6. The van der Waals surface area contributed by atoms with Crippen LogP contribution in [0.2, 0.25) is 0 Å². The highest BCUT2D eigenvalue weighted by Crippen LogP contribution is 2.30. The number of esters is 1. The van der Waals surface area contributed by atoms with E-state index in [0.29, 0.717) is 28.5 Å². The predicted molar refractivity (Wildman–Crippen MR) is 110 cm³/mol. The fourth-order valence-corrected chi connectivity index (χ4v) is 3.94. The minimum atomic E-state index is -0.431. The first-order chi connectivity index (χ1) is 13.6. The number of aromatic nitrogens is 1. The Balaban J connectivity index is 1.67. The van der Waals surface area contributed by atoms with Crippen LogP contribution >= 0.6 is 22.7 Å². The molecule has 0 spiro atoms. The van der Waals surface area contributed by atoms with E-state index in [4.69, 9.17) is 9.47 Å². The van der Waals surface area contributed by atoms with Gasteiger partial charge in [0.1, 0.15) is 17.4 Å². The Morgan fingerprint density at radius 2 is 1.96 bits per heavy atom. The molecule has 2 aromatic heterocycles. The van der Waals surface area contributed by atoms with Gasteiger partial charge in [0, 0.05) is 15.8 Å². The number of ether oxygens (including phenoxy) is 2. The maximum atomic E-state index is 12.6. The van der Waals surface area contributed by atoms with E-state index in [9.17, 15) is 9.59 Å². The van der Waals surface area contributed by atoms with Gasteiger partial charge in [-0.25, -0.2) is 9.78 Å². The van der Waals surface area contributed by atoms with Crippen molar-refractivity contribution in [1.29, 1.82) is 0 Å². The van der Waals surface area contributed by atoms with Crippen molar-refractivity contribution in [2.45, 2.75) is 26.9 Å². The number of aryl methyl sites for hydroxylation is 1. The van der Waals surface area contributed by atoms with E-state index in [0.717, 1.165) is 17.0 Å². The van der Waals surface area contributed by atoms with Gasteiger partial charge in [-0.2, -0.15) is 0 Å². The summed E-state index contributed by atoms with van der Waals surface area (Å²) in [4.78, 5) is 29.9. The van der Waals surface area contributed by atoms with Crippen molar-refractivity contribution in [3.05, 3.63) is 62.9 Å². The van der Waals surface area contributed by atoms with Crippen LogP contribution in [0.1, 0.15) is 45.1 Å². The molecule has 1 aromatic carbocycles. The van der Waals surface area contributed by atoms with Crippen molar-refractivity contribution >= 4 is 39.6 Å². The van der Waals surface area contributed by atoms with Crippen LogP contribution in [-0.4, -0.2) is 23.5 Å². The van der Waals surface area contributed by atoms with Crippen LogP contribution in [0.25, 0.3) is 0 Å². The van der Waals surface area contributed by atoms with Gasteiger partial charge in [-0.1, -0.05) is 6.92 Å². The minimum Gasteiger partial charge on any atom is -0.487 e. The van der Waals surface area contributed by atoms with E-state index in [1.165, 1.54) is 22.7 Å². The molecule has 3 rings (SSSR count). The molecule has 0 radical (unpaired) electrons. The third-order valence-electron chi connectivity index (χ3n) is 3.84. The summed E-state index contributed by atoms with van der Waals surface area (Å²) in [7, 11) is 0. The van der Waals surface area contributed by atoms with Crippen molar-refractivity contribution in [3.63, 3.8) is 0 Å². The van der Waals surface area contributed by atoms with Crippen LogP contribution in [0.4, 0.5) is 5.00 Å². The SMILES string of the molecule is CCOC(=O)c1cc(CC)sc1NC(=O)c1ccc(OCc2cscn2)cc1. The second-order valence-corrected chi connectivity index (χ2v) is 7.63. The second-order valence-electron chi connectivity index (χ2n) is 5.78. The van der Waals surface area contributed by atoms with Gasteiger partial charge in [0.2, 0.25) is 0 Å². The van der Waals surface area contributed by atoms with Crippen molar-refractivity contribution in [3.8, 4) is 5.75 Å². The standard InChI is InChI=1S/C20H20N2O4S2/c1-3-16-9-17(20(24)25-4-2)19(28-16)22-18(23)13-5-7-15(8-6-13)26-10-14-11-27-12-21-14/h5-9,11-12H,3-4,10H2,1-2H3,(H,22,23). The van der Waals surface area contributed by atoms with Crippen molar-refractivity contribution in [2.75, 3.05) is 11.9 Å². The third-order valence-corrected chi connectivity index (χ3v) is 5.67. The zero-order valence-corrected chi connectivity index (χ0v) is 17.2. The molecule has 0 saturated carbocycles. The number of benzene rings is 1. The zero-order valence-electron chi connectivity index (χ0n) is 15.6. The summed E-state index contributed by atoms with van der Waals surface area (Å²) >= 11 is 2.90. The predicted octanol–water partition coefficient (Wildman–Crippen LogP) is 4.78. The first-order valence-electron chi connectivity index (χ1n) is 8.81. The largest absolute Gasteiger partial charge is 0.487 e. The smallest absolute Gasteiger partial charge is 0.341 e. The molecule has 1 N–H and O–H groups in total. The lowest BCUT2D eigenvalue weighted by Crippen LogP contribution is -2.14. The molecule has 0 aliphatic rings. The Bertz CT molecular complexity index is 934. The highest BCUT2D eigenvalue weighted by atomic mass is 32.1. The lowest BCUT2D eigenvalue weighted by atomic mass is 10.2. The first kappa shape index (κ1) is 20.0. The highest BCUT2D eigenvalue weighted by molar-refractivity contribution is 7.16. The molecule has 28 heavy (non-hydrogen) atoms. The molecule has 0 unspecified atom stereocenters. The van der Waals surface area contributed by atoms with Crippen LogP contribution in [0.15, 0.2) is 41.2 Å². The number of carbonyl (C=O) groups excluding carboxylic acids is 2. The Hall–Kier alpha value is -2.71. The molecule has 0 aliphatic carbocycles. The van der Waals surface area contributed by atoms with Gasteiger partial charge in [-0.3, -0.25) is 4.79 Å². The Labute approximate surface area is 171 Å². The summed E-state index contributed by atoms with van der Waals surface area (Å²) in [5, 5.41) is 5.25. The summed E-state index contributed by atoms with van der Waals surface area (Å²) in [6.45, 7) is 4.41. The van der Waals surface area contributed by atoms with E-state index in [1.54, 1.807) is 42.8 Å². The topological polar surface area (TPSA) is 77.5 Å². The number of amides is 1. The van der Waals surface area contributed by atoms with Crippen molar-refractivity contribution < 1.29 is 19.1 Å². The molecule has 0 fully saturated rings. The van der Waals surface area contributed by atoms with E-state index in [2.05, 4.69) is 10.3 Å². The maximum Gasteiger partial charge on any atom is 0.341 e. The normalized spacial score (nSPS) is 10.5. The highest BCUT2D eigenvalue weighted by Gasteiger charge is 2.19. The molecule has 0 aliphatic heterocycles. The average molecular weight is 417 g/mol. The first-order valence-corrected chi connectivity index (χ1v) is 10.6. The Morgan fingerprint density at radius 3 is 2.61 bits per heavy atom. The summed E-state index contributed by atoms with van der Waals surface area (Å²) in [5.74, 6) is -0.0678. The van der Waals surface area contributed by atoms with Gasteiger partial charge in [-0.05, 0) is 43.7 Å². The number of nitrogens with zero attached hydrogens (tertiary/aromatic N) is 1. The molecule has 0 atom stereocenters. The Morgan fingerprint density at radius 1 is 1.18 bits per heavy atom. The van der Waals surface area contributed by atoms with Crippen molar-refractivity contribution in [1.82, 2.24) is 4.98 Å². The Kier molecular flexibility index (Phi) is 6.78. The zero-order chi connectivity index (χ0) is 19.9. The second kappa shape index (κ2) is 9.48. The van der Waals surface area contributed by atoms with E-state index >= 15 is 0 Å². The summed E-state index contributed by atoms with van der Waals surface area (Å²) in [6.07, 6.45) is 0.776. The average Bonchev–Trinajstić information content (AvgIpc) is 3.36. The van der Waals surface area contributed by atoms with Gasteiger partial charge < -0.3 is 14.8 Å². The number of hydrogen-bond donors (Lipinski definition) is 1. The lowest BCUT2D eigenvalue weighted by Gasteiger charge is -2.08. The quantitative estimate of drug-likeness (QED) is 0.535. The van der Waals surface area contributed by atoms with Gasteiger partial charge >= 0.3 is 5.97 Å². The third kappa shape index (κ3) is 4.96. The number of thiazole rings is 1. The minimum absolute atomic E-state index is 0.284. The number of anilines is 1. The number of carbonyl (C=O) groups is 2. The van der Waals surface area contributed by atoms with Gasteiger partial charge in [0.25, 0.3) is 5.91 Å². The fourth-order valence-electron chi connectivity index (χ4n) is 2.41. The van der Waals surface area contributed by atoms with Gasteiger partial charge in [0.15, 0.2) is 0 Å². The number of hydrogen-bond acceptors (Lipinski definition) is 7. The van der Waals surface area contributed by atoms with Crippen LogP contribution in [-0.2, 0) is 17.8 Å². The molecule has 0 bridgehead atoms. The summed E-state index contributed by atoms with van der Waals surface area (Å²) in [6, 6.07) is 8.61. The molecule has 2 heterocycles. The summed E-state index contributed by atoms with van der Waals surface area (Å²) in [5.41, 5.74) is 3.48. The summed E-state index contributed by atoms with van der Waals surface area (Å²) < 4.78 is 10.7. The molecule has 3 aromatic rings. The van der Waals surface area contributed by atoms with Gasteiger partial charge in [-0.15, -0.1) is 22.7 Å². The van der Waals surface area contributed by atoms with Gasteiger partial charge in [0.05, 0.1) is 23.4 Å². The van der Waals surface area contributed by atoms with Crippen LogP contribution in [0.5, 0.6) is 5.75 Å². The van der Waals surface area contributed by atoms with Crippen LogP contribution < -0.4 is 10.1 Å². The number of nitrogens with one attached hydrogen (secondary N) is 1. The monoisotopic (exact) mass is 416 g/mol. The van der Waals surface area contributed by atoms with E-state index in [1.807, 2.05) is 12.3 Å². The fraction of sp³-hybridized carbons (Fsp3) is 0.250. The molecular weight excluding hydrogens is 396 g/mol. The molecule has 0 saturated heterocycles. The number of thiophene rings is 1.